The van der Waals surface area contributed by atoms with Gasteiger partial charge in [-0.15, -0.1) is 0 Å². The van der Waals surface area contributed by atoms with Crippen LogP contribution in [0.25, 0.3) is 11.3 Å². The van der Waals surface area contributed by atoms with Gasteiger partial charge < -0.3 is 9.67 Å². The Hall–Kier alpha value is -2.43. The number of hydrogen-bond donors (Lipinski definition) is 1. The number of carboxylic acid groups (broad SMARTS) is 1. The van der Waals surface area contributed by atoms with Gasteiger partial charge in [0.15, 0.2) is 0 Å². The van der Waals surface area contributed by atoms with Crippen LogP contribution in [0.2, 0.25) is 0 Å². The van der Waals surface area contributed by atoms with Crippen molar-refractivity contribution in [2.45, 2.75) is 6.54 Å². The van der Waals surface area contributed by atoms with E-state index in [1.165, 1.54) is 6.20 Å². The first-order valence-electron chi connectivity index (χ1n) is 5.00. The summed E-state index contributed by atoms with van der Waals surface area (Å²) in [5.74, 6) is -1.06. The number of hydrogen-bond acceptors (Lipinski definition) is 3. The van der Waals surface area contributed by atoms with Crippen molar-refractivity contribution in [3.8, 4) is 11.3 Å². The Morgan fingerprint density at radius 1 is 1.29 bits per heavy atom. The summed E-state index contributed by atoms with van der Waals surface area (Å²) in [6.45, 7) is -0.360. The molecule has 0 aliphatic heterocycles. The molecule has 1 heterocycles. The second-order valence-corrected chi connectivity index (χ2v) is 3.50. The monoisotopic (exact) mass is 230 g/mol. The van der Waals surface area contributed by atoms with Crippen LogP contribution in [0.3, 0.4) is 0 Å². The fourth-order valence-electron chi connectivity index (χ4n) is 1.47. The predicted octanol–water partition coefficient (Wildman–Crippen LogP) is 0.995. The van der Waals surface area contributed by atoms with Crippen LogP contribution in [0.4, 0.5) is 0 Å². The third-order valence-corrected chi connectivity index (χ3v) is 2.25. The molecule has 1 N–H and O–H groups in total. The first kappa shape index (κ1) is 11.1. The molecule has 1 aromatic carbocycles. The topological polar surface area (TPSA) is 72.2 Å². The summed E-state index contributed by atoms with van der Waals surface area (Å²) in [5, 5.41) is 8.67. The van der Waals surface area contributed by atoms with Crippen molar-refractivity contribution >= 4 is 5.97 Å². The van der Waals surface area contributed by atoms with Crippen molar-refractivity contribution in [1.82, 2.24) is 9.55 Å². The van der Waals surface area contributed by atoms with Crippen LogP contribution in [0.1, 0.15) is 0 Å². The van der Waals surface area contributed by atoms with Crippen LogP contribution >= 0.6 is 0 Å². The van der Waals surface area contributed by atoms with Gasteiger partial charge in [-0.05, 0) is 0 Å². The van der Waals surface area contributed by atoms with Crippen molar-refractivity contribution in [2.24, 2.45) is 0 Å². The van der Waals surface area contributed by atoms with Crippen molar-refractivity contribution in [3.05, 3.63) is 53.1 Å². The smallest absolute Gasteiger partial charge is 0.323 e. The second kappa shape index (κ2) is 4.61. The average Bonchev–Trinajstić information content (AvgIpc) is 2.32. The minimum Gasteiger partial charge on any atom is -0.480 e. The molecule has 2 aromatic rings. The molecule has 0 radical (unpaired) electrons. The summed E-state index contributed by atoms with van der Waals surface area (Å²) >= 11 is 0. The highest BCUT2D eigenvalue weighted by molar-refractivity contribution is 5.67. The van der Waals surface area contributed by atoms with Crippen LogP contribution in [0.15, 0.2) is 47.5 Å². The van der Waals surface area contributed by atoms with E-state index >= 15 is 0 Å². The molecular weight excluding hydrogens is 220 g/mol. The summed E-state index contributed by atoms with van der Waals surface area (Å²) in [6.07, 6.45) is 2.58. The molecule has 17 heavy (non-hydrogen) atoms. The van der Waals surface area contributed by atoms with E-state index in [2.05, 4.69) is 4.98 Å². The maximum Gasteiger partial charge on any atom is 0.323 e. The van der Waals surface area contributed by atoms with Gasteiger partial charge in [0.25, 0.3) is 5.56 Å². The van der Waals surface area contributed by atoms with Gasteiger partial charge in [-0.3, -0.25) is 9.59 Å². The minimum atomic E-state index is -1.06. The molecule has 0 saturated carbocycles. The van der Waals surface area contributed by atoms with E-state index < -0.39 is 11.5 Å². The number of carboxylic acids is 1. The number of aromatic nitrogens is 2. The van der Waals surface area contributed by atoms with Crippen molar-refractivity contribution in [2.75, 3.05) is 0 Å². The van der Waals surface area contributed by atoms with E-state index in [0.29, 0.717) is 5.69 Å². The van der Waals surface area contributed by atoms with Crippen molar-refractivity contribution in [3.63, 3.8) is 0 Å². The summed E-state index contributed by atoms with van der Waals surface area (Å²) < 4.78 is 1.12. The van der Waals surface area contributed by atoms with E-state index in [1.807, 2.05) is 30.3 Å². The van der Waals surface area contributed by atoms with E-state index in [0.717, 1.165) is 16.3 Å². The third kappa shape index (κ3) is 2.57. The molecule has 0 unspecified atom stereocenters. The van der Waals surface area contributed by atoms with Gasteiger partial charge in [-0.1, -0.05) is 30.3 Å². The Labute approximate surface area is 97.0 Å². The van der Waals surface area contributed by atoms with Crippen molar-refractivity contribution in [1.29, 1.82) is 0 Å². The number of benzene rings is 1. The zero-order valence-corrected chi connectivity index (χ0v) is 8.91. The molecule has 0 bridgehead atoms. The molecule has 5 nitrogen and oxygen atoms in total. The molecule has 2 rings (SSSR count). The third-order valence-electron chi connectivity index (χ3n) is 2.25. The summed E-state index contributed by atoms with van der Waals surface area (Å²) in [6, 6.07) is 9.26. The molecule has 0 aliphatic carbocycles. The lowest BCUT2D eigenvalue weighted by molar-refractivity contribution is -0.137. The van der Waals surface area contributed by atoms with Gasteiger partial charge in [0, 0.05) is 11.8 Å². The molecule has 0 spiro atoms. The van der Waals surface area contributed by atoms with Gasteiger partial charge in [-0.2, -0.15) is 0 Å². The molecular formula is C12H10N2O3. The van der Waals surface area contributed by atoms with Crippen LogP contribution in [0, 0.1) is 0 Å². The van der Waals surface area contributed by atoms with Crippen LogP contribution < -0.4 is 5.56 Å². The lowest BCUT2D eigenvalue weighted by Crippen LogP contribution is -2.23. The zero-order chi connectivity index (χ0) is 12.3. The molecule has 0 saturated heterocycles. The Balaban J connectivity index is 2.44. The number of carbonyl (C=O) groups is 1. The molecule has 5 heteroatoms. The molecule has 86 valence electrons. The van der Waals surface area contributed by atoms with Gasteiger partial charge in [0.2, 0.25) is 0 Å². The number of nitrogens with zero attached hydrogens (tertiary/aromatic N) is 2. The summed E-state index contributed by atoms with van der Waals surface area (Å²) in [4.78, 5) is 26.0. The second-order valence-electron chi connectivity index (χ2n) is 3.50. The van der Waals surface area contributed by atoms with E-state index in [-0.39, 0.29) is 6.54 Å². The first-order chi connectivity index (χ1) is 8.16. The van der Waals surface area contributed by atoms with Gasteiger partial charge in [-0.25, -0.2) is 4.98 Å². The van der Waals surface area contributed by atoms with E-state index in [9.17, 15) is 9.59 Å². The van der Waals surface area contributed by atoms with Crippen LogP contribution in [0.5, 0.6) is 0 Å². The fourth-order valence-corrected chi connectivity index (χ4v) is 1.47. The molecule has 0 fully saturated rings. The number of rotatable bonds is 3. The van der Waals surface area contributed by atoms with Gasteiger partial charge in [0.05, 0.1) is 11.9 Å². The Bertz CT molecular complexity index is 590. The highest BCUT2D eigenvalue weighted by atomic mass is 16.4. The standard InChI is InChI=1S/C12H10N2O3/c15-11-6-13-10(7-14(11)8-12(16)17)9-4-2-1-3-5-9/h1-7H,8H2,(H,16,17). The van der Waals surface area contributed by atoms with E-state index in [1.54, 1.807) is 0 Å². The highest BCUT2D eigenvalue weighted by Gasteiger charge is 2.05. The van der Waals surface area contributed by atoms with Gasteiger partial charge >= 0.3 is 5.97 Å². The van der Waals surface area contributed by atoms with Crippen LogP contribution in [-0.2, 0) is 11.3 Å². The normalized spacial score (nSPS) is 10.1. The maximum atomic E-state index is 11.4. The maximum absolute atomic E-state index is 11.4. The predicted molar refractivity (Wildman–Crippen MR) is 61.6 cm³/mol. The quantitative estimate of drug-likeness (QED) is 0.853. The minimum absolute atomic E-state index is 0.360. The lowest BCUT2D eigenvalue weighted by atomic mass is 10.2. The van der Waals surface area contributed by atoms with Gasteiger partial charge in [0.1, 0.15) is 6.54 Å². The SMILES string of the molecule is O=C(O)Cn1cc(-c2ccccc2)ncc1=O. The zero-order valence-electron chi connectivity index (χ0n) is 8.91. The van der Waals surface area contributed by atoms with E-state index in [4.69, 9.17) is 5.11 Å². The molecule has 0 aliphatic rings. The van der Waals surface area contributed by atoms with Crippen molar-refractivity contribution < 1.29 is 9.90 Å². The van der Waals surface area contributed by atoms with Crippen LogP contribution in [-0.4, -0.2) is 20.6 Å². The lowest BCUT2D eigenvalue weighted by Gasteiger charge is -2.04. The average molecular weight is 230 g/mol. The Morgan fingerprint density at radius 3 is 2.65 bits per heavy atom. The highest BCUT2D eigenvalue weighted by Crippen LogP contribution is 2.13. The summed E-state index contributed by atoms with van der Waals surface area (Å²) in [7, 11) is 0. The number of aliphatic carboxylic acids is 1. The Morgan fingerprint density at radius 2 is 2.00 bits per heavy atom. The summed E-state index contributed by atoms with van der Waals surface area (Å²) in [5.41, 5.74) is 0.991. The largest absolute Gasteiger partial charge is 0.480 e. The first-order valence-corrected chi connectivity index (χ1v) is 5.00. The Kier molecular flexibility index (Phi) is 3.00. The molecule has 0 amide bonds. The molecule has 1 aromatic heterocycles. The fraction of sp³-hybridized carbons (Fsp3) is 0.0833. The molecule has 0 atom stereocenters.